The largest absolute Gasteiger partial charge is 0.326 e. The van der Waals surface area contributed by atoms with Gasteiger partial charge in [-0.2, -0.15) is 4.68 Å². The zero-order valence-electron chi connectivity index (χ0n) is 9.42. The van der Waals surface area contributed by atoms with Crippen LogP contribution in [0.1, 0.15) is 5.56 Å². The fraction of sp³-hybridized carbons (Fsp3) is 0.0833. The number of halogens is 1. The van der Waals surface area contributed by atoms with Gasteiger partial charge in [0.2, 0.25) is 0 Å². The van der Waals surface area contributed by atoms with E-state index in [4.69, 9.17) is 5.73 Å². The zero-order valence-corrected chi connectivity index (χ0v) is 11.0. The molecule has 0 saturated carbocycles. The summed E-state index contributed by atoms with van der Waals surface area (Å²) in [6.45, 7) is 0.399. The van der Waals surface area contributed by atoms with Crippen molar-refractivity contribution in [2.24, 2.45) is 5.73 Å². The summed E-state index contributed by atoms with van der Waals surface area (Å²) < 4.78 is 2.61. The van der Waals surface area contributed by atoms with Gasteiger partial charge < -0.3 is 5.73 Å². The monoisotopic (exact) mass is 303 g/mol. The van der Waals surface area contributed by atoms with E-state index in [-0.39, 0.29) is 0 Å². The fourth-order valence-corrected chi connectivity index (χ4v) is 2.22. The first-order chi connectivity index (χ1) is 8.79. The summed E-state index contributed by atoms with van der Waals surface area (Å²) in [6, 6.07) is 9.70. The predicted octanol–water partition coefficient (Wildman–Crippen LogP) is 2.04. The highest BCUT2D eigenvalue weighted by molar-refractivity contribution is 9.10. The van der Waals surface area contributed by atoms with E-state index < -0.39 is 0 Å². The Hall–Kier alpha value is -1.79. The Morgan fingerprint density at radius 3 is 2.94 bits per heavy atom. The van der Waals surface area contributed by atoms with Gasteiger partial charge in [0.1, 0.15) is 5.52 Å². The van der Waals surface area contributed by atoms with E-state index in [0.29, 0.717) is 6.54 Å². The molecule has 2 aromatic heterocycles. The van der Waals surface area contributed by atoms with Crippen LogP contribution in [-0.4, -0.2) is 20.0 Å². The van der Waals surface area contributed by atoms with Gasteiger partial charge in [0.25, 0.3) is 0 Å². The lowest BCUT2D eigenvalue weighted by molar-refractivity contribution is 0.786. The van der Waals surface area contributed by atoms with E-state index in [2.05, 4.69) is 31.2 Å². The van der Waals surface area contributed by atoms with Crippen molar-refractivity contribution in [2.75, 3.05) is 0 Å². The number of rotatable bonds is 2. The van der Waals surface area contributed by atoms with Crippen LogP contribution in [-0.2, 0) is 6.54 Å². The molecule has 0 radical (unpaired) electrons. The lowest BCUT2D eigenvalue weighted by atomic mass is 10.2. The molecule has 0 atom stereocenters. The van der Waals surface area contributed by atoms with Crippen molar-refractivity contribution in [1.82, 2.24) is 20.0 Å². The Morgan fingerprint density at radius 2 is 2.11 bits per heavy atom. The summed E-state index contributed by atoms with van der Waals surface area (Å²) in [5.41, 5.74) is 8.42. The summed E-state index contributed by atoms with van der Waals surface area (Å²) in [4.78, 5) is 4.38. The maximum atomic E-state index is 5.75. The molecule has 0 amide bonds. The van der Waals surface area contributed by atoms with Crippen LogP contribution >= 0.6 is 15.9 Å². The van der Waals surface area contributed by atoms with Crippen LogP contribution in [0.3, 0.4) is 0 Å². The van der Waals surface area contributed by atoms with Crippen molar-refractivity contribution in [3.05, 3.63) is 46.6 Å². The molecule has 3 rings (SSSR count). The molecule has 0 saturated heterocycles. The average molecular weight is 304 g/mol. The quantitative estimate of drug-likeness (QED) is 0.786. The Labute approximate surface area is 112 Å². The van der Waals surface area contributed by atoms with Gasteiger partial charge in [-0.1, -0.05) is 17.3 Å². The van der Waals surface area contributed by atoms with Crippen LogP contribution in [0.2, 0.25) is 0 Å². The van der Waals surface area contributed by atoms with Gasteiger partial charge in [-0.25, -0.2) is 4.98 Å². The highest BCUT2D eigenvalue weighted by atomic mass is 79.9. The molecule has 0 spiro atoms. The lowest BCUT2D eigenvalue weighted by Crippen LogP contribution is -2.08. The summed E-state index contributed by atoms with van der Waals surface area (Å²) >= 11 is 3.39. The lowest BCUT2D eigenvalue weighted by Gasteiger charge is -2.07. The number of fused-ring (bicyclic) bond motifs is 1. The molecule has 0 aliphatic carbocycles. The van der Waals surface area contributed by atoms with Crippen molar-refractivity contribution >= 4 is 27.0 Å². The number of aromatic nitrogens is 4. The molecule has 0 bridgehead atoms. The Morgan fingerprint density at radius 1 is 1.28 bits per heavy atom. The minimum atomic E-state index is 0.399. The first-order valence-electron chi connectivity index (χ1n) is 5.45. The highest BCUT2D eigenvalue weighted by Gasteiger charge is 2.11. The predicted molar refractivity (Wildman–Crippen MR) is 72.3 cm³/mol. The molecule has 2 N–H and O–H groups in total. The minimum Gasteiger partial charge on any atom is -0.326 e. The van der Waals surface area contributed by atoms with Crippen LogP contribution in [0.4, 0.5) is 0 Å². The van der Waals surface area contributed by atoms with E-state index in [0.717, 1.165) is 26.9 Å². The number of para-hydroxylation sites is 1. The van der Waals surface area contributed by atoms with Gasteiger partial charge in [0.05, 0.1) is 5.52 Å². The number of hydrogen-bond acceptors (Lipinski definition) is 4. The molecule has 0 aliphatic rings. The molecule has 0 fully saturated rings. The molecule has 1 aromatic carbocycles. The second-order valence-corrected chi connectivity index (χ2v) is 4.75. The van der Waals surface area contributed by atoms with E-state index in [9.17, 15) is 0 Å². The summed E-state index contributed by atoms with van der Waals surface area (Å²) in [6.07, 6.45) is 1.73. The van der Waals surface area contributed by atoms with E-state index in [1.165, 1.54) is 0 Å². The van der Waals surface area contributed by atoms with Gasteiger partial charge in [-0.05, 0) is 34.1 Å². The van der Waals surface area contributed by atoms with Crippen molar-refractivity contribution in [1.29, 1.82) is 0 Å². The first-order valence-corrected chi connectivity index (χ1v) is 6.24. The third-order valence-electron chi connectivity index (χ3n) is 2.68. The van der Waals surface area contributed by atoms with E-state index >= 15 is 0 Å². The number of nitrogens with zero attached hydrogens (tertiary/aromatic N) is 4. The maximum absolute atomic E-state index is 5.75. The van der Waals surface area contributed by atoms with Gasteiger partial charge in [0, 0.05) is 22.8 Å². The number of benzene rings is 1. The standard InChI is InChI=1S/C12H10BrN5/c13-9-5-8(6-14)12(15-7-9)18-11-4-2-1-3-10(11)16-17-18/h1-5,7H,6,14H2. The Bertz CT molecular complexity index is 707. The Balaban J connectivity index is 2.26. The molecule has 2 heterocycles. The molecule has 90 valence electrons. The molecule has 0 unspecified atom stereocenters. The minimum absolute atomic E-state index is 0.399. The summed E-state index contributed by atoms with van der Waals surface area (Å²) in [5.74, 6) is 0.717. The van der Waals surface area contributed by atoms with Crippen LogP contribution in [0.15, 0.2) is 41.0 Å². The summed E-state index contributed by atoms with van der Waals surface area (Å²) in [7, 11) is 0. The molecule has 3 aromatic rings. The normalized spacial score (nSPS) is 11.0. The maximum Gasteiger partial charge on any atom is 0.160 e. The molecule has 18 heavy (non-hydrogen) atoms. The van der Waals surface area contributed by atoms with Crippen molar-refractivity contribution < 1.29 is 0 Å². The first kappa shape index (κ1) is 11.3. The molecule has 0 aliphatic heterocycles. The molecule has 6 heteroatoms. The molecule has 5 nitrogen and oxygen atoms in total. The number of nitrogens with two attached hydrogens (primary N) is 1. The van der Waals surface area contributed by atoms with Crippen LogP contribution < -0.4 is 5.73 Å². The molecular formula is C12H10BrN5. The highest BCUT2D eigenvalue weighted by Crippen LogP contribution is 2.20. The third kappa shape index (κ3) is 1.79. The van der Waals surface area contributed by atoms with Crippen molar-refractivity contribution in [3.8, 4) is 5.82 Å². The SMILES string of the molecule is NCc1cc(Br)cnc1-n1nnc2ccccc21. The van der Waals surface area contributed by atoms with Crippen LogP contribution in [0.5, 0.6) is 0 Å². The van der Waals surface area contributed by atoms with Crippen molar-refractivity contribution in [2.45, 2.75) is 6.54 Å². The van der Waals surface area contributed by atoms with E-state index in [1.807, 2.05) is 30.3 Å². The van der Waals surface area contributed by atoms with Gasteiger partial charge in [-0.3, -0.25) is 0 Å². The van der Waals surface area contributed by atoms with Gasteiger partial charge in [0.15, 0.2) is 5.82 Å². The zero-order chi connectivity index (χ0) is 12.5. The topological polar surface area (TPSA) is 69.6 Å². The Kier molecular flexibility index (Phi) is 2.81. The van der Waals surface area contributed by atoms with Crippen LogP contribution in [0, 0.1) is 0 Å². The second-order valence-electron chi connectivity index (χ2n) is 3.83. The average Bonchev–Trinajstić information content (AvgIpc) is 2.82. The van der Waals surface area contributed by atoms with Gasteiger partial charge >= 0.3 is 0 Å². The van der Waals surface area contributed by atoms with Crippen molar-refractivity contribution in [3.63, 3.8) is 0 Å². The molecular weight excluding hydrogens is 294 g/mol. The second kappa shape index (κ2) is 4.47. The van der Waals surface area contributed by atoms with E-state index in [1.54, 1.807) is 10.9 Å². The summed E-state index contributed by atoms with van der Waals surface area (Å²) in [5, 5.41) is 8.25. The van der Waals surface area contributed by atoms with Crippen LogP contribution in [0.25, 0.3) is 16.9 Å². The number of hydrogen-bond donors (Lipinski definition) is 1. The fourth-order valence-electron chi connectivity index (χ4n) is 1.84. The smallest absolute Gasteiger partial charge is 0.160 e. The third-order valence-corrected chi connectivity index (χ3v) is 3.12. The van der Waals surface area contributed by atoms with Gasteiger partial charge in [-0.15, -0.1) is 5.10 Å². The number of pyridine rings is 1.